The summed E-state index contributed by atoms with van der Waals surface area (Å²) in [6, 6.07) is 0.456. The van der Waals surface area contributed by atoms with Crippen molar-refractivity contribution in [3.8, 4) is 0 Å². The second-order valence-corrected chi connectivity index (χ2v) is 5.41. The molecule has 1 atom stereocenters. The summed E-state index contributed by atoms with van der Waals surface area (Å²) in [5, 5.41) is 7.90. The summed E-state index contributed by atoms with van der Waals surface area (Å²) in [7, 11) is 2.05. The van der Waals surface area contributed by atoms with Gasteiger partial charge in [0.2, 0.25) is 0 Å². The number of halogens is 1. The van der Waals surface area contributed by atoms with E-state index in [9.17, 15) is 0 Å². The van der Waals surface area contributed by atoms with Gasteiger partial charge in [0.05, 0.1) is 22.4 Å². The predicted molar refractivity (Wildman–Crippen MR) is 69.4 cm³/mol. The Morgan fingerprint density at radius 2 is 2.38 bits per heavy atom. The molecule has 1 fully saturated rings. The molecule has 0 amide bonds. The van der Waals surface area contributed by atoms with Crippen molar-refractivity contribution in [2.45, 2.75) is 45.2 Å². The third-order valence-electron chi connectivity index (χ3n) is 3.50. The van der Waals surface area contributed by atoms with Crippen LogP contribution in [0.25, 0.3) is 0 Å². The van der Waals surface area contributed by atoms with Crippen molar-refractivity contribution in [1.82, 2.24) is 15.1 Å². The molecular weight excluding hydrogens is 266 g/mol. The molecule has 1 saturated carbocycles. The van der Waals surface area contributed by atoms with E-state index < -0.39 is 0 Å². The highest BCUT2D eigenvalue weighted by molar-refractivity contribution is 9.10. The van der Waals surface area contributed by atoms with E-state index in [-0.39, 0.29) is 0 Å². The van der Waals surface area contributed by atoms with Crippen LogP contribution in [-0.2, 0) is 6.54 Å². The zero-order valence-electron chi connectivity index (χ0n) is 10.0. The van der Waals surface area contributed by atoms with Gasteiger partial charge in [-0.3, -0.25) is 4.68 Å². The third kappa shape index (κ3) is 2.18. The molecule has 1 aliphatic rings. The number of nitrogens with zero attached hydrogens (tertiary/aromatic N) is 2. The van der Waals surface area contributed by atoms with Crippen LogP contribution < -0.4 is 5.32 Å². The molecule has 0 radical (unpaired) electrons. The van der Waals surface area contributed by atoms with Crippen LogP contribution in [0, 0.1) is 5.92 Å². The van der Waals surface area contributed by atoms with Crippen molar-refractivity contribution in [1.29, 1.82) is 0 Å². The second-order valence-electron chi connectivity index (χ2n) is 4.56. The monoisotopic (exact) mass is 285 g/mol. The highest BCUT2D eigenvalue weighted by atomic mass is 79.9. The molecule has 1 N–H and O–H groups in total. The van der Waals surface area contributed by atoms with Crippen LogP contribution in [0.3, 0.4) is 0 Å². The van der Waals surface area contributed by atoms with Crippen LogP contribution in [-0.4, -0.2) is 16.8 Å². The van der Waals surface area contributed by atoms with E-state index in [0.29, 0.717) is 6.04 Å². The summed E-state index contributed by atoms with van der Waals surface area (Å²) >= 11 is 3.63. The fraction of sp³-hybridized carbons (Fsp3) is 0.750. The lowest BCUT2D eigenvalue weighted by molar-refractivity contribution is 0.229. The summed E-state index contributed by atoms with van der Waals surface area (Å²) in [6.07, 6.45) is 7.11. The molecule has 1 aliphatic carbocycles. The van der Waals surface area contributed by atoms with Gasteiger partial charge in [-0.1, -0.05) is 13.3 Å². The summed E-state index contributed by atoms with van der Waals surface area (Å²) in [5.41, 5.74) is 1.33. The molecule has 3 nitrogen and oxygen atoms in total. The largest absolute Gasteiger partial charge is 0.311 e. The van der Waals surface area contributed by atoms with Crippen molar-refractivity contribution in [2.24, 2.45) is 5.92 Å². The summed E-state index contributed by atoms with van der Waals surface area (Å²) in [5.74, 6) is 0.786. The van der Waals surface area contributed by atoms with Gasteiger partial charge in [0, 0.05) is 6.54 Å². The normalized spacial score (nSPS) is 18.4. The van der Waals surface area contributed by atoms with Crippen LogP contribution in [0.4, 0.5) is 0 Å². The number of hydrogen-bond donors (Lipinski definition) is 1. The van der Waals surface area contributed by atoms with E-state index in [1.807, 2.05) is 6.20 Å². The van der Waals surface area contributed by atoms with Gasteiger partial charge in [-0.15, -0.1) is 0 Å². The van der Waals surface area contributed by atoms with E-state index >= 15 is 0 Å². The van der Waals surface area contributed by atoms with Crippen LogP contribution in [0.2, 0.25) is 0 Å². The third-order valence-corrected chi connectivity index (χ3v) is 4.11. The first-order valence-corrected chi connectivity index (χ1v) is 6.95. The van der Waals surface area contributed by atoms with Crippen LogP contribution >= 0.6 is 15.9 Å². The van der Waals surface area contributed by atoms with Crippen LogP contribution in [0.15, 0.2) is 10.7 Å². The Morgan fingerprint density at radius 3 is 2.88 bits per heavy atom. The standard InChI is InChI=1S/C12H20BrN3/c1-3-7-16-12(10(13)8-15-16)11(14-2)9-5-4-6-9/h8-9,11,14H,3-7H2,1-2H3. The molecule has 1 aromatic rings. The molecule has 0 saturated heterocycles. The van der Waals surface area contributed by atoms with E-state index in [4.69, 9.17) is 0 Å². The van der Waals surface area contributed by atoms with Crippen molar-refractivity contribution < 1.29 is 0 Å². The van der Waals surface area contributed by atoms with E-state index in [0.717, 1.165) is 23.4 Å². The van der Waals surface area contributed by atoms with Crippen LogP contribution in [0.5, 0.6) is 0 Å². The number of nitrogens with one attached hydrogen (secondary N) is 1. The molecule has 0 spiro atoms. The Balaban J connectivity index is 2.24. The second kappa shape index (κ2) is 5.32. The molecule has 0 bridgehead atoms. The van der Waals surface area contributed by atoms with Gasteiger partial charge in [-0.25, -0.2) is 0 Å². The Bertz CT molecular complexity index is 344. The van der Waals surface area contributed by atoms with Crippen LogP contribution in [0.1, 0.15) is 44.3 Å². The lowest BCUT2D eigenvalue weighted by Gasteiger charge is -2.34. The quantitative estimate of drug-likeness (QED) is 0.901. The summed E-state index contributed by atoms with van der Waals surface area (Å²) in [4.78, 5) is 0. The van der Waals surface area contributed by atoms with Gasteiger partial charge in [-0.05, 0) is 48.2 Å². The Hall–Kier alpha value is -0.350. The van der Waals surface area contributed by atoms with Crippen molar-refractivity contribution in [3.63, 3.8) is 0 Å². The average Bonchev–Trinajstić information content (AvgIpc) is 2.54. The topological polar surface area (TPSA) is 29.9 Å². The lowest BCUT2D eigenvalue weighted by Crippen LogP contribution is -2.32. The van der Waals surface area contributed by atoms with Gasteiger partial charge >= 0.3 is 0 Å². The van der Waals surface area contributed by atoms with Gasteiger partial charge in [0.15, 0.2) is 0 Å². The maximum absolute atomic E-state index is 4.44. The summed E-state index contributed by atoms with van der Waals surface area (Å²) < 4.78 is 3.29. The molecule has 2 rings (SSSR count). The minimum absolute atomic E-state index is 0.456. The van der Waals surface area contributed by atoms with Gasteiger partial charge in [0.25, 0.3) is 0 Å². The Morgan fingerprint density at radius 1 is 1.62 bits per heavy atom. The maximum Gasteiger partial charge on any atom is 0.0698 e. The number of aryl methyl sites for hydroxylation is 1. The zero-order valence-corrected chi connectivity index (χ0v) is 11.6. The fourth-order valence-electron chi connectivity index (χ4n) is 2.44. The molecule has 1 unspecified atom stereocenters. The first kappa shape index (κ1) is 12.1. The summed E-state index contributed by atoms with van der Waals surface area (Å²) in [6.45, 7) is 3.20. The van der Waals surface area contributed by atoms with Gasteiger partial charge in [0.1, 0.15) is 0 Å². The van der Waals surface area contributed by atoms with Gasteiger partial charge in [-0.2, -0.15) is 5.10 Å². The molecule has 0 aliphatic heterocycles. The van der Waals surface area contributed by atoms with E-state index in [2.05, 4.69) is 45.0 Å². The number of rotatable bonds is 5. The van der Waals surface area contributed by atoms with Crippen molar-refractivity contribution in [3.05, 3.63) is 16.4 Å². The number of aromatic nitrogens is 2. The average molecular weight is 286 g/mol. The number of hydrogen-bond acceptors (Lipinski definition) is 2. The lowest BCUT2D eigenvalue weighted by atomic mass is 9.78. The zero-order chi connectivity index (χ0) is 11.5. The predicted octanol–water partition coefficient (Wildman–Crippen LogP) is 3.12. The van der Waals surface area contributed by atoms with Gasteiger partial charge < -0.3 is 5.32 Å². The smallest absolute Gasteiger partial charge is 0.0698 e. The highest BCUT2D eigenvalue weighted by Gasteiger charge is 2.30. The molecular formula is C12H20BrN3. The molecule has 16 heavy (non-hydrogen) atoms. The van der Waals surface area contributed by atoms with E-state index in [1.165, 1.54) is 25.0 Å². The fourth-order valence-corrected chi connectivity index (χ4v) is 2.98. The van der Waals surface area contributed by atoms with Crippen molar-refractivity contribution in [2.75, 3.05) is 7.05 Å². The molecule has 0 aromatic carbocycles. The minimum Gasteiger partial charge on any atom is -0.311 e. The molecule has 90 valence electrons. The minimum atomic E-state index is 0.456. The Labute approximate surface area is 106 Å². The first-order valence-electron chi connectivity index (χ1n) is 6.16. The SMILES string of the molecule is CCCn1ncc(Br)c1C(NC)C1CCC1. The highest BCUT2D eigenvalue weighted by Crippen LogP contribution is 2.39. The molecule has 1 aromatic heterocycles. The van der Waals surface area contributed by atoms with E-state index in [1.54, 1.807) is 0 Å². The first-order chi connectivity index (χ1) is 7.77. The Kier molecular flexibility index (Phi) is 4.03. The molecule has 1 heterocycles. The molecule has 4 heteroatoms. The van der Waals surface area contributed by atoms with Crippen molar-refractivity contribution >= 4 is 15.9 Å². The maximum atomic E-state index is 4.44.